The van der Waals surface area contributed by atoms with Crippen molar-refractivity contribution in [3.8, 4) is 0 Å². The molecule has 3 N–H and O–H groups in total. The molecular formula is C15H24NO4P. The Morgan fingerprint density at radius 2 is 1.81 bits per heavy atom. The van der Waals surface area contributed by atoms with Gasteiger partial charge in [-0.3, -0.25) is 9.36 Å². The number of carbonyl (C=O) groups is 1. The second-order valence-electron chi connectivity index (χ2n) is 5.19. The number of hydrogen-bond donors (Lipinski definition) is 3. The van der Waals surface area contributed by atoms with Gasteiger partial charge in [-0.05, 0) is 18.1 Å². The van der Waals surface area contributed by atoms with Gasteiger partial charge in [0.25, 0.3) is 0 Å². The third-order valence-electron chi connectivity index (χ3n) is 3.18. The molecule has 0 saturated carbocycles. The molecular weight excluding hydrogens is 289 g/mol. The summed E-state index contributed by atoms with van der Waals surface area (Å²) in [7, 11) is -4.14. The maximum absolute atomic E-state index is 11.9. The number of unbranched alkanes of at least 4 members (excludes halogenated alkanes) is 4. The van der Waals surface area contributed by atoms with E-state index in [1.54, 1.807) is 24.3 Å². The molecule has 1 amide bonds. The topological polar surface area (TPSA) is 86.6 Å². The molecule has 0 atom stereocenters. The highest BCUT2D eigenvalue weighted by molar-refractivity contribution is 7.50. The second-order valence-corrected chi connectivity index (χ2v) is 6.84. The first-order valence-corrected chi connectivity index (χ1v) is 9.14. The Hall–Kier alpha value is -1.16. The number of anilines is 1. The smallest absolute Gasteiger partial charge is 0.326 e. The van der Waals surface area contributed by atoms with E-state index in [0.29, 0.717) is 17.7 Å². The summed E-state index contributed by atoms with van der Waals surface area (Å²) in [6, 6.07) is 6.72. The van der Waals surface area contributed by atoms with Crippen LogP contribution in [0.5, 0.6) is 0 Å². The van der Waals surface area contributed by atoms with Crippen molar-refractivity contribution in [2.45, 2.75) is 51.6 Å². The van der Waals surface area contributed by atoms with Crippen molar-refractivity contribution >= 4 is 19.2 Å². The number of carbonyl (C=O) groups excluding carboxylic acids is 1. The van der Waals surface area contributed by atoms with E-state index in [-0.39, 0.29) is 12.1 Å². The number of hydrogen-bond acceptors (Lipinski definition) is 2. The molecule has 0 aliphatic carbocycles. The van der Waals surface area contributed by atoms with Crippen LogP contribution in [0.2, 0.25) is 0 Å². The first-order chi connectivity index (χ1) is 9.92. The minimum atomic E-state index is -4.14. The minimum absolute atomic E-state index is 0.107. The summed E-state index contributed by atoms with van der Waals surface area (Å²) in [5, 5.41) is 2.74. The summed E-state index contributed by atoms with van der Waals surface area (Å²) >= 11 is 0. The number of rotatable bonds is 9. The fourth-order valence-corrected chi connectivity index (χ4v) is 2.82. The van der Waals surface area contributed by atoms with Crippen LogP contribution in [0, 0.1) is 0 Å². The molecule has 0 radical (unpaired) electrons. The van der Waals surface area contributed by atoms with E-state index in [1.165, 1.54) is 12.8 Å². The average Bonchev–Trinajstić information content (AvgIpc) is 2.39. The van der Waals surface area contributed by atoms with Crippen LogP contribution in [0.4, 0.5) is 5.69 Å². The molecule has 0 aliphatic heterocycles. The zero-order chi connectivity index (χ0) is 15.7. The maximum atomic E-state index is 11.9. The monoisotopic (exact) mass is 313 g/mol. The van der Waals surface area contributed by atoms with Gasteiger partial charge in [0, 0.05) is 12.1 Å². The van der Waals surface area contributed by atoms with Gasteiger partial charge in [0.2, 0.25) is 5.91 Å². The van der Waals surface area contributed by atoms with Gasteiger partial charge in [-0.1, -0.05) is 50.8 Å². The molecule has 0 saturated heterocycles. The third kappa shape index (κ3) is 8.00. The second kappa shape index (κ2) is 8.98. The third-order valence-corrected chi connectivity index (χ3v) is 3.93. The molecule has 6 heteroatoms. The standard InChI is InChI=1S/C15H24NO4P/c1-2-3-4-5-6-11-15(17)16-14-10-8-7-9-13(14)12-21(18,19)20/h7-10H,2-6,11-12H2,1H3,(H,16,17)(H2,18,19,20). The number of para-hydroxylation sites is 1. The fourth-order valence-electron chi connectivity index (χ4n) is 2.10. The highest BCUT2D eigenvalue weighted by Gasteiger charge is 2.17. The Bertz CT molecular complexity index is 498. The van der Waals surface area contributed by atoms with Gasteiger partial charge in [0.05, 0.1) is 6.16 Å². The molecule has 0 unspecified atom stereocenters. The highest BCUT2D eigenvalue weighted by atomic mass is 31.2. The van der Waals surface area contributed by atoms with Crippen LogP contribution in [-0.2, 0) is 15.5 Å². The lowest BCUT2D eigenvalue weighted by atomic mass is 10.1. The molecule has 1 aromatic carbocycles. The number of amides is 1. The molecule has 1 aromatic rings. The van der Waals surface area contributed by atoms with Crippen molar-refractivity contribution in [2.75, 3.05) is 5.32 Å². The molecule has 118 valence electrons. The Balaban J connectivity index is 2.50. The zero-order valence-electron chi connectivity index (χ0n) is 12.4. The Morgan fingerprint density at radius 3 is 2.48 bits per heavy atom. The van der Waals surface area contributed by atoms with E-state index in [0.717, 1.165) is 19.3 Å². The normalized spacial score (nSPS) is 11.4. The van der Waals surface area contributed by atoms with Crippen LogP contribution in [0.1, 0.15) is 51.0 Å². The highest BCUT2D eigenvalue weighted by Crippen LogP contribution is 2.40. The lowest BCUT2D eigenvalue weighted by Crippen LogP contribution is -2.12. The Morgan fingerprint density at radius 1 is 1.14 bits per heavy atom. The first-order valence-electron chi connectivity index (χ1n) is 7.34. The van der Waals surface area contributed by atoms with Crippen molar-refractivity contribution < 1.29 is 19.1 Å². The molecule has 0 bridgehead atoms. The first kappa shape index (κ1) is 17.9. The number of nitrogens with one attached hydrogen (secondary N) is 1. The number of benzene rings is 1. The molecule has 0 fully saturated rings. The van der Waals surface area contributed by atoms with Crippen molar-refractivity contribution in [3.05, 3.63) is 29.8 Å². The van der Waals surface area contributed by atoms with Gasteiger partial charge in [0.15, 0.2) is 0 Å². The molecule has 0 aromatic heterocycles. The molecule has 1 rings (SSSR count). The van der Waals surface area contributed by atoms with Crippen LogP contribution in [0.15, 0.2) is 24.3 Å². The van der Waals surface area contributed by atoms with E-state index in [2.05, 4.69) is 12.2 Å². The van der Waals surface area contributed by atoms with Gasteiger partial charge >= 0.3 is 7.60 Å². The van der Waals surface area contributed by atoms with Crippen molar-refractivity contribution in [3.63, 3.8) is 0 Å². The Kier molecular flexibility index (Phi) is 7.65. The van der Waals surface area contributed by atoms with Crippen LogP contribution in [0.3, 0.4) is 0 Å². The van der Waals surface area contributed by atoms with Gasteiger partial charge in [0.1, 0.15) is 0 Å². The fraction of sp³-hybridized carbons (Fsp3) is 0.533. The Labute approximate surface area is 125 Å². The van der Waals surface area contributed by atoms with Gasteiger partial charge < -0.3 is 15.1 Å². The van der Waals surface area contributed by atoms with E-state index in [1.807, 2.05) is 0 Å². The zero-order valence-corrected chi connectivity index (χ0v) is 13.3. The maximum Gasteiger partial charge on any atom is 0.329 e. The molecule has 0 aliphatic rings. The summed E-state index contributed by atoms with van der Waals surface area (Å²) in [5.41, 5.74) is 0.949. The van der Waals surface area contributed by atoms with Gasteiger partial charge in [-0.2, -0.15) is 0 Å². The summed E-state index contributed by atoms with van der Waals surface area (Å²) in [5.74, 6) is -0.107. The summed E-state index contributed by atoms with van der Waals surface area (Å²) in [4.78, 5) is 30.0. The molecule has 0 spiro atoms. The van der Waals surface area contributed by atoms with Gasteiger partial charge in [-0.15, -0.1) is 0 Å². The lowest BCUT2D eigenvalue weighted by molar-refractivity contribution is -0.116. The minimum Gasteiger partial charge on any atom is -0.326 e. The van der Waals surface area contributed by atoms with Crippen molar-refractivity contribution in [1.82, 2.24) is 0 Å². The van der Waals surface area contributed by atoms with Gasteiger partial charge in [-0.25, -0.2) is 0 Å². The van der Waals surface area contributed by atoms with Crippen LogP contribution < -0.4 is 5.32 Å². The average molecular weight is 313 g/mol. The SMILES string of the molecule is CCCCCCCC(=O)Nc1ccccc1CP(=O)(O)O. The van der Waals surface area contributed by atoms with E-state index in [9.17, 15) is 9.36 Å². The van der Waals surface area contributed by atoms with E-state index >= 15 is 0 Å². The van der Waals surface area contributed by atoms with E-state index < -0.39 is 7.60 Å². The summed E-state index contributed by atoms with van der Waals surface area (Å²) < 4.78 is 11.1. The quantitative estimate of drug-likeness (QED) is 0.479. The predicted molar refractivity (Wildman–Crippen MR) is 84.2 cm³/mol. The van der Waals surface area contributed by atoms with Crippen LogP contribution in [-0.4, -0.2) is 15.7 Å². The van der Waals surface area contributed by atoms with Crippen LogP contribution >= 0.6 is 7.60 Å². The summed E-state index contributed by atoms with van der Waals surface area (Å²) in [6.07, 6.45) is 5.44. The van der Waals surface area contributed by atoms with E-state index in [4.69, 9.17) is 9.79 Å². The van der Waals surface area contributed by atoms with Crippen molar-refractivity contribution in [1.29, 1.82) is 0 Å². The van der Waals surface area contributed by atoms with Crippen molar-refractivity contribution in [2.24, 2.45) is 0 Å². The lowest BCUT2D eigenvalue weighted by Gasteiger charge is -2.11. The predicted octanol–water partition coefficient (Wildman–Crippen LogP) is 3.66. The van der Waals surface area contributed by atoms with Crippen LogP contribution in [0.25, 0.3) is 0 Å². The summed E-state index contributed by atoms with van der Waals surface area (Å²) in [6.45, 7) is 2.14. The largest absolute Gasteiger partial charge is 0.329 e. The molecule has 5 nitrogen and oxygen atoms in total. The molecule has 21 heavy (non-hydrogen) atoms. The molecule has 0 heterocycles.